The summed E-state index contributed by atoms with van der Waals surface area (Å²) in [5.41, 5.74) is 3.21. The second-order valence-electron chi connectivity index (χ2n) is 10.7. The number of hydrogen-bond donors (Lipinski definition) is 1. The van der Waals surface area contributed by atoms with Gasteiger partial charge in [0.1, 0.15) is 17.5 Å². The molecule has 0 aromatic heterocycles. The van der Waals surface area contributed by atoms with Crippen molar-refractivity contribution in [1.29, 1.82) is 0 Å². The van der Waals surface area contributed by atoms with Crippen LogP contribution in [0.15, 0.2) is 78.9 Å². The van der Waals surface area contributed by atoms with E-state index in [9.17, 15) is 9.59 Å². The predicted molar refractivity (Wildman–Crippen MR) is 158 cm³/mol. The maximum Gasteiger partial charge on any atom is 0.243 e. The Morgan fingerprint density at radius 1 is 0.875 bits per heavy atom. The van der Waals surface area contributed by atoms with Gasteiger partial charge in [0.2, 0.25) is 11.8 Å². The van der Waals surface area contributed by atoms with E-state index in [0.717, 1.165) is 53.9 Å². The van der Waals surface area contributed by atoms with Crippen molar-refractivity contribution in [3.05, 3.63) is 95.6 Å². The van der Waals surface area contributed by atoms with E-state index < -0.39 is 6.04 Å². The van der Waals surface area contributed by atoms with E-state index >= 15 is 0 Å². The van der Waals surface area contributed by atoms with Gasteiger partial charge in [0.25, 0.3) is 0 Å². The van der Waals surface area contributed by atoms with Crippen LogP contribution in [0.2, 0.25) is 0 Å². The number of carbonyl (C=O) groups is 2. The Kier molecular flexibility index (Phi) is 11.0. The van der Waals surface area contributed by atoms with Crippen LogP contribution in [-0.4, -0.2) is 42.5 Å². The van der Waals surface area contributed by atoms with Crippen LogP contribution in [0.1, 0.15) is 61.6 Å². The summed E-state index contributed by atoms with van der Waals surface area (Å²) in [4.78, 5) is 29.4. The number of rotatable bonds is 13. The fourth-order valence-corrected chi connectivity index (χ4v) is 5.22. The molecule has 1 aliphatic rings. The van der Waals surface area contributed by atoms with E-state index in [4.69, 9.17) is 9.47 Å². The molecule has 0 bridgehead atoms. The summed E-state index contributed by atoms with van der Waals surface area (Å²) in [6.07, 6.45) is 6.80. The van der Waals surface area contributed by atoms with Crippen molar-refractivity contribution in [2.45, 2.75) is 76.9 Å². The average Bonchev–Trinajstić information content (AvgIpc) is 2.99. The van der Waals surface area contributed by atoms with Gasteiger partial charge in [0, 0.05) is 25.4 Å². The smallest absolute Gasteiger partial charge is 0.243 e. The van der Waals surface area contributed by atoms with Gasteiger partial charge in [-0.25, -0.2) is 0 Å². The molecule has 0 spiro atoms. The maximum absolute atomic E-state index is 13.8. The van der Waals surface area contributed by atoms with Gasteiger partial charge in [-0.1, -0.05) is 79.4 Å². The van der Waals surface area contributed by atoms with E-state index in [-0.39, 0.29) is 17.9 Å². The SMILES string of the molecule is COc1ccc(OCCCC(=O)N(Cc2ccc(C)cc2)[C@H](Cc2ccccc2)C(=O)NC2CCCCC2)cc1. The molecule has 3 aromatic carbocycles. The first-order valence-corrected chi connectivity index (χ1v) is 14.5. The average molecular weight is 543 g/mol. The Balaban J connectivity index is 1.50. The zero-order valence-electron chi connectivity index (χ0n) is 23.8. The fraction of sp³-hybridized carbons (Fsp3) is 0.412. The number of nitrogens with zero attached hydrogens (tertiary/aromatic N) is 1. The molecule has 6 nitrogen and oxygen atoms in total. The largest absolute Gasteiger partial charge is 0.497 e. The Labute approximate surface area is 238 Å². The van der Waals surface area contributed by atoms with E-state index in [1.165, 1.54) is 6.42 Å². The summed E-state index contributed by atoms with van der Waals surface area (Å²) in [5, 5.41) is 3.30. The van der Waals surface area contributed by atoms with Gasteiger partial charge < -0.3 is 19.7 Å². The lowest BCUT2D eigenvalue weighted by Gasteiger charge is -2.33. The lowest BCUT2D eigenvalue weighted by Crippen LogP contribution is -2.52. The molecule has 1 fully saturated rings. The van der Waals surface area contributed by atoms with Gasteiger partial charge in [-0.05, 0) is 61.6 Å². The summed E-state index contributed by atoms with van der Waals surface area (Å²) >= 11 is 0. The lowest BCUT2D eigenvalue weighted by atomic mass is 9.94. The minimum Gasteiger partial charge on any atom is -0.497 e. The lowest BCUT2D eigenvalue weighted by molar-refractivity contribution is -0.141. The molecule has 212 valence electrons. The number of nitrogens with one attached hydrogen (secondary N) is 1. The Bertz CT molecular complexity index is 1190. The monoisotopic (exact) mass is 542 g/mol. The zero-order valence-corrected chi connectivity index (χ0v) is 23.8. The molecule has 3 aromatic rings. The second kappa shape index (κ2) is 15.1. The third-order valence-electron chi connectivity index (χ3n) is 7.56. The van der Waals surface area contributed by atoms with Gasteiger partial charge in [-0.2, -0.15) is 0 Å². The number of carbonyl (C=O) groups excluding carboxylic acids is 2. The second-order valence-corrected chi connectivity index (χ2v) is 10.7. The summed E-state index contributed by atoms with van der Waals surface area (Å²) in [6.45, 7) is 2.84. The highest BCUT2D eigenvalue weighted by atomic mass is 16.5. The molecular formula is C34H42N2O4. The van der Waals surface area contributed by atoms with Gasteiger partial charge in [0.15, 0.2) is 0 Å². The summed E-state index contributed by atoms with van der Waals surface area (Å²) in [6, 6.07) is 25.2. The number of amides is 2. The summed E-state index contributed by atoms with van der Waals surface area (Å²) in [7, 11) is 1.63. The summed E-state index contributed by atoms with van der Waals surface area (Å²) < 4.78 is 11.1. The first-order valence-electron chi connectivity index (χ1n) is 14.5. The van der Waals surface area contributed by atoms with Gasteiger partial charge in [0.05, 0.1) is 13.7 Å². The van der Waals surface area contributed by atoms with Crippen molar-refractivity contribution in [3.8, 4) is 11.5 Å². The molecule has 2 amide bonds. The van der Waals surface area contributed by atoms with Crippen molar-refractivity contribution in [1.82, 2.24) is 10.2 Å². The first-order chi connectivity index (χ1) is 19.5. The van der Waals surface area contributed by atoms with Crippen molar-refractivity contribution in [2.75, 3.05) is 13.7 Å². The molecule has 0 saturated heterocycles. The highest BCUT2D eigenvalue weighted by Gasteiger charge is 2.31. The third kappa shape index (κ3) is 8.87. The molecule has 0 unspecified atom stereocenters. The fourth-order valence-electron chi connectivity index (χ4n) is 5.22. The van der Waals surface area contributed by atoms with Crippen LogP contribution in [0.5, 0.6) is 11.5 Å². The topological polar surface area (TPSA) is 67.9 Å². The molecule has 0 aliphatic heterocycles. The van der Waals surface area contributed by atoms with E-state index in [1.807, 2.05) is 73.7 Å². The van der Waals surface area contributed by atoms with Crippen LogP contribution in [0, 0.1) is 6.92 Å². The van der Waals surface area contributed by atoms with Crippen LogP contribution in [-0.2, 0) is 22.6 Å². The Hall–Kier alpha value is -3.80. The van der Waals surface area contributed by atoms with Crippen molar-refractivity contribution in [2.24, 2.45) is 0 Å². The number of benzene rings is 3. The van der Waals surface area contributed by atoms with Gasteiger partial charge in [-0.15, -0.1) is 0 Å². The van der Waals surface area contributed by atoms with E-state index in [2.05, 4.69) is 17.4 Å². The van der Waals surface area contributed by atoms with Crippen LogP contribution in [0.4, 0.5) is 0 Å². The molecule has 4 rings (SSSR count). The van der Waals surface area contributed by atoms with Crippen molar-refractivity contribution < 1.29 is 19.1 Å². The number of ether oxygens (including phenoxy) is 2. The van der Waals surface area contributed by atoms with Crippen LogP contribution in [0.25, 0.3) is 0 Å². The van der Waals surface area contributed by atoms with Gasteiger partial charge in [-0.3, -0.25) is 9.59 Å². The molecule has 1 N–H and O–H groups in total. The predicted octanol–water partition coefficient (Wildman–Crippen LogP) is 6.25. The number of methoxy groups -OCH3 is 1. The van der Waals surface area contributed by atoms with Crippen LogP contribution >= 0.6 is 0 Å². The maximum atomic E-state index is 13.8. The Morgan fingerprint density at radius 2 is 1.55 bits per heavy atom. The van der Waals surface area contributed by atoms with Gasteiger partial charge >= 0.3 is 0 Å². The van der Waals surface area contributed by atoms with Crippen molar-refractivity contribution >= 4 is 11.8 Å². The van der Waals surface area contributed by atoms with E-state index in [0.29, 0.717) is 32.4 Å². The Morgan fingerprint density at radius 3 is 2.23 bits per heavy atom. The zero-order chi connectivity index (χ0) is 28.2. The highest BCUT2D eigenvalue weighted by Crippen LogP contribution is 2.21. The molecule has 1 atom stereocenters. The standard InChI is InChI=1S/C34H42N2O4/c1-26-15-17-28(18-16-26)25-36(33(37)14-9-23-40-31-21-19-30(39-2)20-22-31)32(24-27-10-5-3-6-11-27)34(38)35-29-12-7-4-8-13-29/h3,5-6,10-11,15-22,29,32H,4,7-9,12-14,23-25H2,1-2H3,(H,35,38)/t32-/m1/s1. The normalized spacial score (nSPS) is 14.2. The minimum absolute atomic E-state index is 0.0429. The molecular weight excluding hydrogens is 500 g/mol. The first kappa shape index (κ1) is 29.2. The molecule has 40 heavy (non-hydrogen) atoms. The number of aryl methyl sites for hydroxylation is 1. The van der Waals surface area contributed by atoms with E-state index in [1.54, 1.807) is 12.0 Å². The van der Waals surface area contributed by atoms with Crippen LogP contribution < -0.4 is 14.8 Å². The molecule has 1 aliphatic carbocycles. The molecule has 0 heterocycles. The molecule has 6 heteroatoms. The number of hydrogen-bond acceptors (Lipinski definition) is 4. The minimum atomic E-state index is -0.597. The third-order valence-corrected chi connectivity index (χ3v) is 7.56. The summed E-state index contributed by atoms with van der Waals surface area (Å²) in [5.74, 6) is 1.40. The highest BCUT2D eigenvalue weighted by molar-refractivity contribution is 5.88. The van der Waals surface area contributed by atoms with Crippen molar-refractivity contribution in [3.63, 3.8) is 0 Å². The van der Waals surface area contributed by atoms with Crippen LogP contribution in [0.3, 0.4) is 0 Å². The quantitative estimate of drug-likeness (QED) is 0.259. The molecule has 0 radical (unpaired) electrons. The molecule has 1 saturated carbocycles.